The van der Waals surface area contributed by atoms with Gasteiger partial charge in [-0.25, -0.2) is 8.42 Å². The maximum Gasteiger partial charge on any atom is 0.251 e. The molecule has 4 rings (SSSR count). The van der Waals surface area contributed by atoms with Crippen molar-refractivity contribution in [1.29, 1.82) is 5.26 Å². The second-order valence-corrected chi connectivity index (χ2v) is 11.3. The van der Waals surface area contributed by atoms with E-state index in [2.05, 4.69) is 14.9 Å². The van der Waals surface area contributed by atoms with E-state index in [1.807, 2.05) is 24.3 Å². The Balaban J connectivity index is 1.50. The smallest absolute Gasteiger partial charge is 0.251 e. The minimum atomic E-state index is -4.54. The van der Waals surface area contributed by atoms with Crippen molar-refractivity contribution in [2.24, 2.45) is 0 Å². The van der Waals surface area contributed by atoms with E-state index in [9.17, 15) is 34.1 Å². The summed E-state index contributed by atoms with van der Waals surface area (Å²) in [5.41, 5.74) is 1.62. The van der Waals surface area contributed by atoms with Crippen LogP contribution in [0.3, 0.4) is 0 Å². The highest BCUT2D eigenvalue weighted by molar-refractivity contribution is 7.93. The minimum Gasteiger partial charge on any atom is -0.394 e. The predicted octanol–water partition coefficient (Wildman–Crippen LogP) is -0.442. The predicted molar refractivity (Wildman–Crippen MR) is 144 cm³/mol. The van der Waals surface area contributed by atoms with Crippen molar-refractivity contribution in [1.82, 2.24) is 9.62 Å². The van der Waals surface area contributed by atoms with E-state index in [4.69, 9.17) is 9.47 Å². The number of hydrogen-bond acceptors (Lipinski definition) is 11. The van der Waals surface area contributed by atoms with Crippen molar-refractivity contribution in [3.8, 4) is 6.07 Å². The fourth-order valence-electron chi connectivity index (χ4n) is 4.71. The van der Waals surface area contributed by atoms with Crippen molar-refractivity contribution in [3.05, 3.63) is 46.9 Å². The van der Waals surface area contributed by atoms with Crippen LogP contribution < -0.4 is 10.0 Å². The molecule has 2 fully saturated rings. The summed E-state index contributed by atoms with van der Waals surface area (Å²) in [6.07, 6.45) is -6.58. The number of hydrogen-bond donors (Lipinski definition) is 6. The molecule has 12 nitrogen and oxygen atoms in total. The van der Waals surface area contributed by atoms with Gasteiger partial charge in [-0.1, -0.05) is 18.2 Å². The molecule has 0 bridgehead atoms. The molecule has 0 radical (unpaired) electrons. The molecule has 6 N–H and O–H groups in total. The fraction of sp³-hybridized carbons (Fsp3) is 0.500. The third-order valence-electron chi connectivity index (χ3n) is 7.04. The Hall–Kier alpha value is -2.64. The number of aliphatic hydroxyl groups excluding tert-OH is 4. The van der Waals surface area contributed by atoms with E-state index in [-0.39, 0.29) is 5.57 Å². The summed E-state index contributed by atoms with van der Waals surface area (Å²) in [4.78, 5) is 1.73. The van der Waals surface area contributed by atoms with Crippen LogP contribution in [-0.2, 0) is 19.5 Å². The second kappa shape index (κ2) is 12.7. The molecular formula is C26H34N4O8S. The summed E-state index contributed by atoms with van der Waals surface area (Å²) in [5, 5.41) is 54.7. The van der Waals surface area contributed by atoms with E-state index in [1.165, 1.54) is 6.92 Å². The Kier molecular flexibility index (Phi) is 9.55. The molecule has 1 unspecified atom stereocenters. The second-order valence-electron chi connectivity index (χ2n) is 9.60. The number of nitrogens with zero attached hydrogens (tertiary/aromatic N) is 2. The van der Waals surface area contributed by atoms with Crippen LogP contribution in [0.15, 0.2) is 41.3 Å². The normalized spacial score (nSPS) is 27.1. The number of nitriles is 1. The van der Waals surface area contributed by atoms with E-state index in [0.717, 1.165) is 55.9 Å². The maximum absolute atomic E-state index is 13.1. The standard InChI is InChI=1S/C26H34N4O8S/c1-16(22(14-27)39(35,36)29-23-25(33)24(32)21(15-31)38-26(23)34)17-2-3-19-13-20(5-4-18(19)12-17)28-6-7-30-8-10-37-11-9-30/h2-5,12-13,21,23-26,28-29,31-34H,6-11,15H2,1H3/b22-16+/t21-,23-,24-,25-,26?/m1/s1. The van der Waals surface area contributed by atoms with Gasteiger partial charge in [0, 0.05) is 31.9 Å². The summed E-state index contributed by atoms with van der Waals surface area (Å²) in [7, 11) is -4.54. The van der Waals surface area contributed by atoms with Gasteiger partial charge in [0.2, 0.25) is 0 Å². The molecule has 2 aliphatic heterocycles. The minimum absolute atomic E-state index is 0.161. The SMILES string of the molecule is C/C(=C(/C#N)S(=O)(=O)N[C@H]1C(O)O[C@H](CO)[C@@H](O)[C@@H]1O)c1ccc2cc(NCCN3CCOCC3)ccc2c1. The van der Waals surface area contributed by atoms with Crippen molar-refractivity contribution >= 4 is 32.1 Å². The zero-order valence-corrected chi connectivity index (χ0v) is 22.3. The van der Waals surface area contributed by atoms with E-state index >= 15 is 0 Å². The van der Waals surface area contributed by atoms with Gasteiger partial charge in [-0.05, 0) is 47.0 Å². The van der Waals surface area contributed by atoms with Gasteiger partial charge in [-0.15, -0.1) is 0 Å². The van der Waals surface area contributed by atoms with Crippen LogP contribution >= 0.6 is 0 Å². The number of anilines is 1. The molecule has 0 amide bonds. The highest BCUT2D eigenvalue weighted by Crippen LogP contribution is 2.28. The molecular weight excluding hydrogens is 528 g/mol. The lowest BCUT2D eigenvalue weighted by Crippen LogP contribution is -2.64. The van der Waals surface area contributed by atoms with E-state index in [0.29, 0.717) is 5.56 Å². The van der Waals surface area contributed by atoms with Gasteiger partial charge in [0.15, 0.2) is 11.2 Å². The summed E-state index contributed by atoms with van der Waals surface area (Å²) < 4.78 is 38.6. The van der Waals surface area contributed by atoms with Crippen molar-refractivity contribution < 1.29 is 38.3 Å². The number of fused-ring (bicyclic) bond motifs is 1. The number of nitrogens with one attached hydrogen (secondary N) is 2. The first kappa shape index (κ1) is 29.3. The molecule has 2 heterocycles. The zero-order valence-electron chi connectivity index (χ0n) is 21.5. The van der Waals surface area contributed by atoms with Gasteiger partial charge in [-0.2, -0.15) is 9.98 Å². The fourth-order valence-corrected chi connectivity index (χ4v) is 6.08. The molecule has 13 heteroatoms. The first-order valence-corrected chi connectivity index (χ1v) is 14.1. The molecule has 39 heavy (non-hydrogen) atoms. The maximum atomic E-state index is 13.1. The molecule has 0 saturated carbocycles. The topological polar surface area (TPSA) is 185 Å². The lowest BCUT2D eigenvalue weighted by molar-refractivity contribution is -0.251. The summed E-state index contributed by atoms with van der Waals surface area (Å²) in [5.74, 6) is 0. The van der Waals surface area contributed by atoms with Gasteiger partial charge in [0.1, 0.15) is 30.4 Å². The summed E-state index contributed by atoms with van der Waals surface area (Å²) in [6.45, 7) is 5.85. The van der Waals surface area contributed by atoms with Crippen LogP contribution in [0.4, 0.5) is 5.69 Å². The third kappa shape index (κ3) is 6.75. The van der Waals surface area contributed by atoms with Crippen LogP contribution in [0.1, 0.15) is 12.5 Å². The molecule has 5 atom stereocenters. The van der Waals surface area contributed by atoms with Gasteiger partial charge in [0.05, 0.1) is 19.8 Å². The molecule has 2 aromatic carbocycles. The van der Waals surface area contributed by atoms with Gasteiger partial charge in [0.25, 0.3) is 10.0 Å². The van der Waals surface area contributed by atoms with Gasteiger partial charge in [-0.3, -0.25) is 4.90 Å². The van der Waals surface area contributed by atoms with Crippen LogP contribution in [0.5, 0.6) is 0 Å². The van der Waals surface area contributed by atoms with Crippen LogP contribution in [-0.4, -0.2) is 110 Å². The van der Waals surface area contributed by atoms with E-state index in [1.54, 1.807) is 18.2 Å². The molecule has 2 aliphatic rings. The molecule has 0 aliphatic carbocycles. The van der Waals surface area contributed by atoms with Crippen LogP contribution in [0, 0.1) is 11.3 Å². The average Bonchev–Trinajstić information content (AvgIpc) is 2.93. The molecule has 0 spiro atoms. The van der Waals surface area contributed by atoms with Gasteiger partial charge >= 0.3 is 0 Å². The van der Waals surface area contributed by atoms with Gasteiger partial charge < -0.3 is 35.2 Å². The monoisotopic (exact) mass is 562 g/mol. The first-order valence-electron chi connectivity index (χ1n) is 12.7. The third-order valence-corrected chi connectivity index (χ3v) is 8.55. The van der Waals surface area contributed by atoms with Crippen LogP contribution in [0.25, 0.3) is 16.3 Å². The first-order chi connectivity index (χ1) is 18.6. The number of benzene rings is 2. The number of aliphatic hydroxyl groups is 4. The average molecular weight is 563 g/mol. The number of sulfonamides is 1. The number of ether oxygens (including phenoxy) is 2. The Morgan fingerprint density at radius 1 is 1.10 bits per heavy atom. The van der Waals surface area contributed by atoms with Crippen LogP contribution in [0.2, 0.25) is 0 Å². The lowest BCUT2D eigenvalue weighted by atomic mass is 9.98. The number of rotatable bonds is 9. The molecule has 2 saturated heterocycles. The largest absolute Gasteiger partial charge is 0.394 e. The molecule has 2 aromatic rings. The molecule has 0 aromatic heterocycles. The number of allylic oxidation sites excluding steroid dienone is 2. The Labute approximate surface area is 227 Å². The summed E-state index contributed by atoms with van der Waals surface area (Å²) >= 11 is 0. The highest BCUT2D eigenvalue weighted by Gasteiger charge is 2.45. The Morgan fingerprint density at radius 3 is 2.49 bits per heavy atom. The Morgan fingerprint density at radius 2 is 1.79 bits per heavy atom. The Bertz CT molecular complexity index is 1340. The van der Waals surface area contributed by atoms with Crippen molar-refractivity contribution in [2.75, 3.05) is 51.3 Å². The lowest BCUT2D eigenvalue weighted by Gasteiger charge is -2.40. The van der Waals surface area contributed by atoms with E-state index < -0.39 is 52.2 Å². The zero-order chi connectivity index (χ0) is 28.2. The van der Waals surface area contributed by atoms with Crippen molar-refractivity contribution in [3.63, 3.8) is 0 Å². The molecule has 212 valence electrons. The number of morpholine rings is 1. The highest BCUT2D eigenvalue weighted by atomic mass is 32.2. The quantitative estimate of drug-likeness (QED) is 0.218. The summed E-state index contributed by atoms with van der Waals surface area (Å²) in [6, 6.07) is 11.2. The van der Waals surface area contributed by atoms with Crippen molar-refractivity contribution in [2.45, 2.75) is 37.6 Å².